The third kappa shape index (κ3) is 6.96. The number of hydrogen-bond acceptors (Lipinski definition) is 4. The van der Waals surface area contributed by atoms with Gasteiger partial charge in [0.05, 0.1) is 5.75 Å². The summed E-state index contributed by atoms with van der Waals surface area (Å²) in [4.78, 5) is 14.9. The Morgan fingerprint density at radius 1 is 0.933 bits per heavy atom. The van der Waals surface area contributed by atoms with E-state index in [1.807, 2.05) is 0 Å². The minimum atomic E-state index is -3.08. The molecule has 2 aromatic carbocycles. The molecule has 162 valence electrons. The Morgan fingerprint density at radius 3 is 2.03 bits per heavy atom. The van der Waals surface area contributed by atoms with Crippen LogP contribution in [0.4, 0.5) is 0 Å². The minimum absolute atomic E-state index is 0.0174. The molecule has 0 aromatic heterocycles. The lowest BCUT2D eigenvalue weighted by molar-refractivity contribution is 0.0951. The van der Waals surface area contributed by atoms with Crippen LogP contribution in [0.3, 0.4) is 0 Å². The maximum Gasteiger partial charge on any atom is 0.251 e. The van der Waals surface area contributed by atoms with Gasteiger partial charge in [-0.15, -0.1) is 0 Å². The number of nitrogens with zero attached hydrogens (tertiary/aromatic N) is 1. The molecule has 1 heterocycles. The topological polar surface area (TPSA) is 66.5 Å². The van der Waals surface area contributed by atoms with Crippen LogP contribution < -0.4 is 5.32 Å². The molecule has 1 saturated heterocycles. The zero-order valence-corrected chi connectivity index (χ0v) is 18.9. The molecule has 5 nitrogen and oxygen atoms in total. The highest BCUT2D eigenvalue weighted by Gasteiger charge is 2.21. The number of piperidine rings is 1. The summed E-state index contributed by atoms with van der Waals surface area (Å²) in [7, 11) is -3.08. The molecule has 0 spiro atoms. The smallest absolute Gasteiger partial charge is 0.251 e. The van der Waals surface area contributed by atoms with Crippen molar-refractivity contribution < 1.29 is 13.2 Å². The summed E-state index contributed by atoms with van der Waals surface area (Å²) in [5.41, 5.74) is 3.56. The number of likely N-dealkylation sites (tertiary alicyclic amines) is 1. The van der Waals surface area contributed by atoms with E-state index < -0.39 is 9.84 Å². The second-order valence-electron chi connectivity index (χ2n) is 8.91. The predicted octanol–water partition coefficient (Wildman–Crippen LogP) is 3.64. The molecule has 0 aliphatic carbocycles. The Labute approximate surface area is 180 Å². The highest BCUT2D eigenvalue weighted by molar-refractivity contribution is 7.89. The first-order valence-electron chi connectivity index (χ1n) is 10.5. The van der Waals surface area contributed by atoms with E-state index in [1.54, 1.807) is 24.3 Å². The monoisotopic (exact) mass is 428 g/mol. The van der Waals surface area contributed by atoms with E-state index in [1.165, 1.54) is 18.2 Å². The van der Waals surface area contributed by atoms with Crippen LogP contribution in [-0.2, 0) is 28.7 Å². The number of carbonyl (C=O) groups is 1. The van der Waals surface area contributed by atoms with Gasteiger partial charge in [-0.1, -0.05) is 50.2 Å². The number of amides is 1. The van der Waals surface area contributed by atoms with Gasteiger partial charge in [-0.3, -0.25) is 9.69 Å². The molecule has 30 heavy (non-hydrogen) atoms. The number of carbonyl (C=O) groups excluding carboxylic acids is 1. The van der Waals surface area contributed by atoms with Crippen LogP contribution >= 0.6 is 0 Å². The molecule has 1 fully saturated rings. The summed E-state index contributed by atoms with van der Waals surface area (Å²) in [6.07, 6.45) is 2.52. The van der Waals surface area contributed by atoms with Crippen molar-refractivity contribution in [2.45, 2.75) is 39.1 Å². The van der Waals surface area contributed by atoms with Gasteiger partial charge in [-0.05, 0) is 47.1 Å². The summed E-state index contributed by atoms with van der Waals surface area (Å²) < 4.78 is 22.7. The Morgan fingerprint density at radius 2 is 1.47 bits per heavy atom. The second kappa shape index (κ2) is 9.75. The van der Waals surface area contributed by atoms with Gasteiger partial charge in [0.1, 0.15) is 0 Å². The SMILES string of the molecule is C[C@H]1C[C@H](C)CN(Cc2ccc(CNC(=O)c3ccc(CS(C)(=O)=O)cc3)cc2)C1. The van der Waals surface area contributed by atoms with Crippen LogP contribution in [0.5, 0.6) is 0 Å². The van der Waals surface area contributed by atoms with E-state index in [9.17, 15) is 13.2 Å². The standard InChI is InChI=1S/C24H32N2O3S/c1-18-12-19(2)15-26(14-18)16-21-6-4-20(5-7-21)13-25-24(27)23-10-8-22(9-11-23)17-30(3,28)29/h4-11,18-19H,12-17H2,1-3H3,(H,25,27)/t18-,19-/m0/s1. The van der Waals surface area contributed by atoms with Crippen molar-refractivity contribution in [1.29, 1.82) is 0 Å². The van der Waals surface area contributed by atoms with E-state index in [0.29, 0.717) is 17.7 Å². The molecule has 2 aromatic rings. The van der Waals surface area contributed by atoms with Crippen molar-refractivity contribution in [2.75, 3.05) is 19.3 Å². The van der Waals surface area contributed by atoms with Gasteiger partial charge in [-0.2, -0.15) is 0 Å². The highest BCUT2D eigenvalue weighted by Crippen LogP contribution is 2.22. The molecular weight excluding hydrogens is 396 g/mol. The molecule has 1 N–H and O–H groups in total. The number of hydrogen-bond donors (Lipinski definition) is 1. The molecule has 0 unspecified atom stereocenters. The molecule has 0 saturated carbocycles. The zero-order chi connectivity index (χ0) is 21.7. The molecule has 0 bridgehead atoms. The largest absolute Gasteiger partial charge is 0.348 e. The molecule has 0 radical (unpaired) electrons. The third-order valence-corrected chi connectivity index (χ3v) is 6.33. The minimum Gasteiger partial charge on any atom is -0.348 e. The lowest BCUT2D eigenvalue weighted by Crippen LogP contribution is -2.38. The average Bonchev–Trinajstić information content (AvgIpc) is 2.66. The number of sulfone groups is 1. The molecular formula is C24H32N2O3S. The van der Waals surface area contributed by atoms with Crippen molar-refractivity contribution in [3.63, 3.8) is 0 Å². The van der Waals surface area contributed by atoms with Gasteiger partial charge in [0.15, 0.2) is 9.84 Å². The number of nitrogens with one attached hydrogen (secondary N) is 1. The van der Waals surface area contributed by atoms with Crippen LogP contribution in [0.1, 0.15) is 47.3 Å². The molecule has 1 amide bonds. The van der Waals surface area contributed by atoms with Crippen LogP contribution in [0, 0.1) is 11.8 Å². The number of rotatable bonds is 7. The van der Waals surface area contributed by atoms with Crippen LogP contribution in [0.2, 0.25) is 0 Å². The first-order chi connectivity index (χ1) is 14.2. The van der Waals surface area contributed by atoms with Gasteiger partial charge in [0.2, 0.25) is 0 Å². The predicted molar refractivity (Wildman–Crippen MR) is 121 cm³/mol. The van der Waals surface area contributed by atoms with E-state index in [-0.39, 0.29) is 11.7 Å². The van der Waals surface area contributed by atoms with Crippen molar-refractivity contribution >= 4 is 15.7 Å². The fourth-order valence-corrected chi connectivity index (χ4v) is 5.08. The Bertz CT molecular complexity index is 943. The molecule has 1 aliphatic rings. The van der Waals surface area contributed by atoms with Crippen molar-refractivity contribution in [3.05, 3.63) is 70.8 Å². The Hall–Kier alpha value is -2.18. The average molecular weight is 429 g/mol. The van der Waals surface area contributed by atoms with Crippen molar-refractivity contribution in [1.82, 2.24) is 10.2 Å². The van der Waals surface area contributed by atoms with E-state index in [0.717, 1.165) is 37.0 Å². The summed E-state index contributed by atoms with van der Waals surface area (Å²) in [6.45, 7) is 8.40. The fraction of sp³-hybridized carbons (Fsp3) is 0.458. The lowest BCUT2D eigenvalue weighted by atomic mass is 9.91. The zero-order valence-electron chi connectivity index (χ0n) is 18.1. The number of benzene rings is 2. The first-order valence-corrected chi connectivity index (χ1v) is 12.6. The van der Waals surface area contributed by atoms with Gasteiger partial charge in [0, 0.05) is 38.0 Å². The van der Waals surface area contributed by atoms with Crippen LogP contribution in [0.25, 0.3) is 0 Å². The van der Waals surface area contributed by atoms with E-state index in [2.05, 4.69) is 48.3 Å². The quantitative estimate of drug-likeness (QED) is 0.731. The van der Waals surface area contributed by atoms with Crippen molar-refractivity contribution in [2.24, 2.45) is 11.8 Å². The van der Waals surface area contributed by atoms with Gasteiger partial charge < -0.3 is 5.32 Å². The van der Waals surface area contributed by atoms with E-state index in [4.69, 9.17) is 0 Å². The molecule has 2 atom stereocenters. The van der Waals surface area contributed by atoms with Crippen LogP contribution in [0.15, 0.2) is 48.5 Å². The molecule has 3 rings (SSSR count). The maximum atomic E-state index is 12.4. The van der Waals surface area contributed by atoms with E-state index >= 15 is 0 Å². The lowest BCUT2D eigenvalue weighted by Gasteiger charge is -2.35. The van der Waals surface area contributed by atoms with Gasteiger partial charge >= 0.3 is 0 Å². The van der Waals surface area contributed by atoms with Crippen LogP contribution in [-0.4, -0.2) is 38.6 Å². The first kappa shape index (κ1) is 22.5. The summed E-state index contributed by atoms with van der Waals surface area (Å²) in [6, 6.07) is 15.1. The maximum absolute atomic E-state index is 12.4. The summed E-state index contributed by atoms with van der Waals surface area (Å²) >= 11 is 0. The third-order valence-electron chi connectivity index (χ3n) is 5.47. The Kier molecular flexibility index (Phi) is 7.32. The molecule has 1 aliphatic heterocycles. The fourth-order valence-electron chi connectivity index (χ4n) is 4.28. The second-order valence-corrected chi connectivity index (χ2v) is 11.0. The van der Waals surface area contributed by atoms with Crippen molar-refractivity contribution in [3.8, 4) is 0 Å². The molecule has 6 heteroatoms. The summed E-state index contributed by atoms with van der Waals surface area (Å²) in [5.74, 6) is 1.32. The van der Waals surface area contributed by atoms with Gasteiger partial charge in [0.25, 0.3) is 5.91 Å². The van der Waals surface area contributed by atoms with Gasteiger partial charge in [-0.25, -0.2) is 8.42 Å². The highest BCUT2D eigenvalue weighted by atomic mass is 32.2. The summed E-state index contributed by atoms with van der Waals surface area (Å²) in [5, 5.41) is 2.93. The normalized spacial score (nSPS) is 20.1. The Balaban J connectivity index is 1.50.